The molecule has 2 atom stereocenters. The lowest BCUT2D eigenvalue weighted by Gasteiger charge is -2.36. The number of nitrogens with zero attached hydrogens (tertiary/aromatic N) is 1. The molecule has 2 fully saturated rings. The lowest BCUT2D eigenvalue weighted by atomic mass is 9.99. The molecule has 2 aliphatic rings. The van der Waals surface area contributed by atoms with E-state index in [1.165, 1.54) is 38.8 Å². The van der Waals surface area contributed by atoms with E-state index in [4.69, 9.17) is 0 Å². The molecule has 15 heavy (non-hydrogen) atoms. The Morgan fingerprint density at radius 3 is 2.73 bits per heavy atom. The van der Waals surface area contributed by atoms with Crippen molar-refractivity contribution in [2.45, 2.75) is 49.4 Å². The monoisotopic (exact) mass is 228 g/mol. The van der Waals surface area contributed by atoms with Gasteiger partial charge in [0, 0.05) is 23.4 Å². The molecular formula is C12H24N2S. The van der Waals surface area contributed by atoms with E-state index in [1.54, 1.807) is 0 Å². The van der Waals surface area contributed by atoms with Crippen molar-refractivity contribution in [1.29, 1.82) is 0 Å². The average Bonchev–Trinajstić information content (AvgIpc) is 3.01. The van der Waals surface area contributed by atoms with E-state index >= 15 is 0 Å². The summed E-state index contributed by atoms with van der Waals surface area (Å²) in [5.74, 6) is 0. The lowest BCUT2D eigenvalue weighted by molar-refractivity contribution is 0.168. The fraction of sp³-hybridized carbons (Fsp3) is 1.00. The predicted octanol–water partition coefficient (Wildman–Crippen LogP) is 1.95. The molecule has 1 aliphatic carbocycles. The molecule has 2 unspecified atom stereocenters. The minimum atomic E-state index is 0.618. The van der Waals surface area contributed by atoms with Gasteiger partial charge >= 0.3 is 0 Å². The first-order valence-corrected chi connectivity index (χ1v) is 7.36. The molecule has 0 aromatic carbocycles. The van der Waals surface area contributed by atoms with E-state index < -0.39 is 0 Å². The third kappa shape index (κ3) is 2.89. The lowest BCUT2D eigenvalue weighted by Crippen LogP contribution is -2.47. The van der Waals surface area contributed by atoms with E-state index in [0.717, 1.165) is 12.1 Å². The van der Waals surface area contributed by atoms with Crippen LogP contribution in [-0.2, 0) is 0 Å². The Bertz CT molecular complexity index is 216. The van der Waals surface area contributed by atoms with Crippen LogP contribution in [0.5, 0.6) is 0 Å². The zero-order chi connectivity index (χ0) is 10.9. The van der Waals surface area contributed by atoms with Crippen molar-refractivity contribution in [2.75, 3.05) is 26.4 Å². The second-order valence-corrected chi connectivity index (χ2v) is 6.59. The molecule has 1 N–H and O–H groups in total. The Morgan fingerprint density at radius 1 is 1.47 bits per heavy atom. The molecule has 0 aromatic heterocycles. The second-order valence-electron chi connectivity index (χ2n) is 5.32. The fourth-order valence-electron chi connectivity index (χ4n) is 2.40. The van der Waals surface area contributed by atoms with Crippen molar-refractivity contribution in [1.82, 2.24) is 10.2 Å². The number of thioether (sulfide) groups is 1. The minimum Gasteiger partial charge on any atom is -0.312 e. The summed E-state index contributed by atoms with van der Waals surface area (Å²) in [6.07, 6.45) is 7.74. The summed E-state index contributed by atoms with van der Waals surface area (Å²) in [7, 11) is 2.24. The summed E-state index contributed by atoms with van der Waals surface area (Å²) in [5, 5.41) is 3.78. The summed E-state index contributed by atoms with van der Waals surface area (Å²) < 4.78 is 0.618. The van der Waals surface area contributed by atoms with Gasteiger partial charge in [-0.3, -0.25) is 0 Å². The molecule has 0 radical (unpaired) electrons. The van der Waals surface area contributed by atoms with Crippen LogP contribution < -0.4 is 5.32 Å². The Morgan fingerprint density at radius 2 is 2.20 bits per heavy atom. The van der Waals surface area contributed by atoms with Gasteiger partial charge in [-0.1, -0.05) is 0 Å². The molecule has 0 bridgehead atoms. The number of hydrogen-bond donors (Lipinski definition) is 1. The van der Waals surface area contributed by atoms with Crippen molar-refractivity contribution < 1.29 is 0 Å². The van der Waals surface area contributed by atoms with Gasteiger partial charge in [-0.15, -0.1) is 0 Å². The maximum atomic E-state index is 3.78. The van der Waals surface area contributed by atoms with E-state index in [9.17, 15) is 0 Å². The van der Waals surface area contributed by atoms with Crippen molar-refractivity contribution in [3.63, 3.8) is 0 Å². The quantitative estimate of drug-likeness (QED) is 0.792. The van der Waals surface area contributed by atoms with Crippen LogP contribution in [-0.4, -0.2) is 48.1 Å². The largest absolute Gasteiger partial charge is 0.312 e. The summed E-state index contributed by atoms with van der Waals surface area (Å²) in [5.41, 5.74) is 0. The molecule has 1 saturated carbocycles. The summed E-state index contributed by atoms with van der Waals surface area (Å²) in [6, 6.07) is 1.52. The Hall–Kier alpha value is 0.270. The molecule has 3 heteroatoms. The summed E-state index contributed by atoms with van der Waals surface area (Å²) >= 11 is 2.06. The van der Waals surface area contributed by atoms with Crippen molar-refractivity contribution >= 4 is 11.8 Å². The van der Waals surface area contributed by atoms with Crippen molar-refractivity contribution in [3.05, 3.63) is 0 Å². The highest BCUT2D eigenvalue weighted by Crippen LogP contribution is 2.46. The van der Waals surface area contributed by atoms with Crippen LogP contribution in [0.4, 0.5) is 0 Å². The summed E-state index contributed by atoms with van der Waals surface area (Å²) in [4.78, 5) is 2.47. The van der Waals surface area contributed by atoms with Gasteiger partial charge in [0.1, 0.15) is 0 Å². The highest BCUT2D eigenvalue weighted by atomic mass is 32.2. The second kappa shape index (κ2) is 4.64. The van der Waals surface area contributed by atoms with Crippen molar-refractivity contribution in [3.8, 4) is 0 Å². The van der Waals surface area contributed by atoms with Crippen LogP contribution in [0, 0.1) is 0 Å². The number of nitrogens with one attached hydrogen (secondary N) is 1. The van der Waals surface area contributed by atoms with Crippen LogP contribution in [0.2, 0.25) is 0 Å². The first-order valence-electron chi connectivity index (χ1n) is 6.14. The van der Waals surface area contributed by atoms with Gasteiger partial charge in [0.2, 0.25) is 0 Å². The SMILES string of the molecule is CSC1(CNC2CCN(C)C(C)C2)CC1. The number of rotatable bonds is 4. The Labute approximate surface area is 98.2 Å². The third-order valence-corrected chi connectivity index (χ3v) is 5.58. The van der Waals surface area contributed by atoms with Crippen molar-refractivity contribution in [2.24, 2.45) is 0 Å². The first-order chi connectivity index (χ1) is 7.15. The third-order valence-electron chi connectivity index (χ3n) is 4.16. The molecule has 1 saturated heterocycles. The molecule has 0 amide bonds. The standard InChI is InChI=1S/C12H24N2S/c1-10-8-11(4-7-14(10)2)13-9-12(15-3)5-6-12/h10-11,13H,4-9H2,1-3H3. The van der Waals surface area contributed by atoms with Crippen LogP contribution >= 0.6 is 11.8 Å². The molecule has 88 valence electrons. The average molecular weight is 228 g/mol. The zero-order valence-electron chi connectivity index (χ0n) is 10.3. The maximum Gasteiger partial charge on any atom is 0.0282 e. The van der Waals surface area contributed by atoms with Gasteiger partial charge in [-0.25, -0.2) is 0 Å². The highest BCUT2D eigenvalue weighted by Gasteiger charge is 2.42. The van der Waals surface area contributed by atoms with E-state index in [2.05, 4.69) is 42.2 Å². The maximum absolute atomic E-state index is 3.78. The molecule has 0 spiro atoms. The highest BCUT2D eigenvalue weighted by molar-refractivity contribution is 8.00. The van der Waals surface area contributed by atoms with E-state index in [0.29, 0.717) is 4.75 Å². The van der Waals surface area contributed by atoms with Gasteiger partial charge < -0.3 is 10.2 Å². The van der Waals surface area contributed by atoms with Crippen LogP contribution in [0.25, 0.3) is 0 Å². The summed E-state index contributed by atoms with van der Waals surface area (Å²) in [6.45, 7) is 4.83. The molecule has 1 aliphatic heterocycles. The molecule has 0 aromatic rings. The number of hydrogen-bond acceptors (Lipinski definition) is 3. The van der Waals surface area contributed by atoms with E-state index in [1.807, 2.05) is 0 Å². The Balaban J connectivity index is 1.71. The minimum absolute atomic E-state index is 0.618. The van der Waals surface area contributed by atoms with Gasteiger partial charge in [0.25, 0.3) is 0 Å². The fourth-order valence-corrected chi connectivity index (χ4v) is 3.14. The van der Waals surface area contributed by atoms with Gasteiger partial charge in [0.15, 0.2) is 0 Å². The number of piperidine rings is 1. The number of likely N-dealkylation sites (tertiary alicyclic amines) is 1. The first kappa shape index (κ1) is 11.7. The molecular weight excluding hydrogens is 204 g/mol. The molecule has 1 heterocycles. The zero-order valence-corrected chi connectivity index (χ0v) is 11.1. The van der Waals surface area contributed by atoms with Crippen LogP contribution in [0.15, 0.2) is 0 Å². The topological polar surface area (TPSA) is 15.3 Å². The Kier molecular flexibility index (Phi) is 3.63. The van der Waals surface area contributed by atoms with Crippen LogP contribution in [0.1, 0.15) is 32.6 Å². The smallest absolute Gasteiger partial charge is 0.0282 e. The van der Waals surface area contributed by atoms with Gasteiger partial charge in [-0.2, -0.15) is 11.8 Å². The van der Waals surface area contributed by atoms with E-state index in [-0.39, 0.29) is 0 Å². The molecule has 2 rings (SSSR count). The van der Waals surface area contributed by atoms with Crippen LogP contribution in [0.3, 0.4) is 0 Å². The van der Waals surface area contributed by atoms with Gasteiger partial charge in [0.05, 0.1) is 0 Å². The van der Waals surface area contributed by atoms with Gasteiger partial charge in [-0.05, 0) is 52.5 Å². The predicted molar refractivity (Wildman–Crippen MR) is 68.6 cm³/mol. The normalized spacial score (nSPS) is 35.4. The molecule has 2 nitrogen and oxygen atoms in total.